The van der Waals surface area contributed by atoms with Crippen LogP contribution in [-0.4, -0.2) is 0 Å². The molecule has 0 amide bonds. The highest BCUT2D eigenvalue weighted by atomic mass is 35.5. The minimum Gasteiger partial charge on any atom is -0.356 e. The summed E-state index contributed by atoms with van der Waals surface area (Å²) < 4.78 is 0. The molecule has 0 fully saturated rings. The van der Waals surface area contributed by atoms with Crippen molar-refractivity contribution in [1.29, 1.82) is 0 Å². The normalized spacial score (nSPS) is 10.6. The van der Waals surface area contributed by atoms with Gasteiger partial charge in [-0.3, -0.25) is 0 Å². The lowest BCUT2D eigenvalue weighted by atomic mass is 10.0. The van der Waals surface area contributed by atoms with Crippen LogP contribution in [0.3, 0.4) is 0 Å². The third-order valence-electron chi connectivity index (χ3n) is 4.20. The Morgan fingerprint density at radius 3 is 2.04 bits per heavy atom. The summed E-state index contributed by atoms with van der Waals surface area (Å²) in [4.78, 5) is 0. The van der Waals surface area contributed by atoms with E-state index < -0.39 is 0 Å². The Kier molecular flexibility index (Phi) is 5.93. The lowest BCUT2D eigenvalue weighted by molar-refractivity contribution is 1.19. The monoisotopic (exact) mass is 401 g/mol. The summed E-state index contributed by atoms with van der Waals surface area (Å²) in [6.45, 7) is 6.08. The second-order valence-corrected chi connectivity index (χ2v) is 7.44. The zero-order valence-electron chi connectivity index (χ0n) is 14.3. The highest BCUT2D eigenvalue weighted by Crippen LogP contribution is 2.29. The fourth-order valence-corrected chi connectivity index (χ4v) is 3.36. The summed E-state index contributed by atoms with van der Waals surface area (Å²) in [5.41, 5.74) is 6.04. The summed E-state index contributed by atoms with van der Waals surface area (Å²) in [7, 11) is 0. The molecule has 0 aliphatic heterocycles. The predicted molar refractivity (Wildman–Crippen MR) is 115 cm³/mol. The molecule has 0 aromatic heterocycles. The number of benzene rings is 3. The quantitative estimate of drug-likeness (QED) is 0.462. The van der Waals surface area contributed by atoms with Crippen LogP contribution in [0.5, 0.6) is 0 Å². The fourth-order valence-electron chi connectivity index (χ4n) is 2.74. The summed E-state index contributed by atoms with van der Waals surface area (Å²) in [5.74, 6) is 0. The third kappa shape index (κ3) is 4.62. The molecule has 0 saturated heterocycles. The van der Waals surface area contributed by atoms with Crippen LogP contribution in [0, 0.1) is 6.92 Å². The van der Waals surface area contributed by atoms with Crippen LogP contribution in [0.2, 0.25) is 15.1 Å². The molecule has 26 heavy (non-hydrogen) atoms. The number of anilines is 1. The van der Waals surface area contributed by atoms with Gasteiger partial charge >= 0.3 is 0 Å². The van der Waals surface area contributed by atoms with E-state index >= 15 is 0 Å². The van der Waals surface area contributed by atoms with Gasteiger partial charge in [-0.05, 0) is 66.4 Å². The maximum atomic E-state index is 6.21. The predicted octanol–water partition coefficient (Wildman–Crippen LogP) is 7.63. The first-order chi connectivity index (χ1) is 12.4. The molecule has 3 rings (SSSR count). The highest BCUT2D eigenvalue weighted by molar-refractivity contribution is 6.35. The Hall–Kier alpha value is -1.93. The van der Waals surface area contributed by atoms with Crippen LogP contribution in [0.4, 0.5) is 5.69 Å². The van der Waals surface area contributed by atoms with Gasteiger partial charge in [0, 0.05) is 32.0 Å². The van der Waals surface area contributed by atoms with E-state index in [9.17, 15) is 0 Å². The van der Waals surface area contributed by atoms with Gasteiger partial charge in [-0.1, -0.05) is 65.6 Å². The number of hydrogen-bond donors (Lipinski definition) is 1. The van der Waals surface area contributed by atoms with E-state index in [1.54, 1.807) is 6.07 Å². The van der Waals surface area contributed by atoms with E-state index in [2.05, 4.69) is 24.0 Å². The summed E-state index contributed by atoms with van der Waals surface area (Å²) >= 11 is 18.3. The molecule has 1 N–H and O–H groups in total. The van der Waals surface area contributed by atoms with Crippen LogP contribution in [-0.2, 0) is 6.42 Å². The Bertz CT molecular complexity index is 929. The van der Waals surface area contributed by atoms with Crippen LogP contribution in [0.25, 0.3) is 5.70 Å². The van der Waals surface area contributed by atoms with Crippen molar-refractivity contribution in [3.63, 3.8) is 0 Å². The summed E-state index contributed by atoms with van der Waals surface area (Å²) in [6, 6.07) is 19.8. The van der Waals surface area contributed by atoms with Crippen molar-refractivity contribution in [3.05, 3.63) is 105 Å². The minimum atomic E-state index is 0.594. The van der Waals surface area contributed by atoms with Gasteiger partial charge in [0.05, 0.1) is 0 Å². The van der Waals surface area contributed by atoms with Crippen LogP contribution < -0.4 is 5.32 Å². The average Bonchev–Trinajstić information content (AvgIpc) is 2.61. The fraction of sp³-hybridized carbons (Fsp3) is 0.0909. The zero-order valence-corrected chi connectivity index (χ0v) is 16.6. The van der Waals surface area contributed by atoms with Crippen LogP contribution >= 0.6 is 34.8 Å². The molecular weight excluding hydrogens is 385 g/mol. The van der Waals surface area contributed by atoms with Gasteiger partial charge < -0.3 is 5.32 Å². The molecule has 0 spiro atoms. The zero-order chi connectivity index (χ0) is 18.7. The van der Waals surface area contributed by atoms with Gasteiger partial charge in [-0.15, -0.1) is 0 Å². The molecule has 0 unspecified atom stereocenters. The molecule has 3 aromatic carbocycles. The van der Waals surface area contributed by atoms with Gasteiger partial charge in [-0.25, -0.2) is 0 Å². The van der Waals surface area contributed by atoms with Crippen molar-refractivity contribution < 1.29 is 0 Å². The maximum absolute atomic E-state index is 6.21. The second-order valence-electron chi connectivity index (χ2n) is 6.16. The van der Waals surface area contributed by atoms with Crippen molar-refractivity contribution in [2.45, 2.75) is 13.3 Å². The molecule has 0 heterocycles. The minimum absolute atomic E-state index is 0.594. The first-order valence-electron chi connectivity index (χ1n) is 8.18. The largest absolute Gasteiger partial charge is 0.356 e. The molecule has 0 atom stereocenters. The van der Waals surface area contributed by atoms with Gasteiger partial charge in [0.25, 0.3) is 0 Å². The maximum Gasteiger partial charge on any atom is 0.0456 e. The Labute approximate surface area is 169 Å². The number of hydrogen-bond acceptors (Lipinski definition) is 1. The van der Waals surface area contributed by atoms with Crippen molar-refractivity contribution in [3.8, 4) is 0 Å². The van der Waals surface area contributed by atoms with Gasteiger partial charge in [0.15, 0.2) is 0 Å². The van der Waals surface area contributed by atoms with Crippen LogP contribution in [0.15, 0.2) is 67.2 Å². The third-order valence-corrected chi connectivity index (χ3v) is 5.07. The lowest BCUT2D eigenvalue weighted by Gasteiger charge is -2.14. The van der Waals surface area contributed by atoms with Crippen molar-refractivity contribution >= 4 is 46.2 Å². The van der Waals surface area contributed by atoms with Gasteiger partial charge in [0.1, 0.15) is 0 Å². The smallest absolute Gasteiger partial charge is 0.0456 e. The van der Waals surface area contributed by atoms with E-state index in [-0.39, 0.29) is 0 Å². The van der Waals surface area contributed by atoms with Crippen LogP contribution in [0.1, 0.15) is 22.3 Å². The van der Waals surface area contributed by atoms with E-state index in [1.807, 2.05) is 49.4 Å². The molecule has 0 bridgehead atoms. The summed E-state index contributed by atoms with van der Waals surface area (Å²) in [6.07, 6.45) is 0.863. The Balaban J connectivity index is 1.71. The molecule has 3 aromatic rings. The number of rotatable bonds is 5. The summed E-state index contributed by atoms with van der Waals surface area (Å²) in [5, 5.41) is 5.30. The van der Waals surface area contributed by atoms with Crippen molar-refractivity contribution in [2.24, 2.45) is 0 Å². The molecule has 0 saturated carbocycles. The van der Waals surface area contributed by atoms with Crippen molar-refractivity contribution in [1.82, 2.24) is 0 Å². The van der Waals surface area contributed by atoms with Gasteiger partial charge in [0.2, 0.25) is 0 Å². The van der Waals surface area contributed by atoms with E-state index in [1.165, 1.54) is 11.1 Å². The molecular formula is C22H18Cl3N. The SMILES string of the molecule is C=C(Nc1ccc(Cc2ccc(Cl)cc2)cc1)c1cc(Cl)cc(Cl)c1C. The number of nitrogens with one attached hydrogen (secondary N) is 1. The molecule has 4 heteroatoms. The van der Waals surface area contributed by atoms with E-state index in [0.29, 0.717) is 10.0 Å². The Morgan fingerprint density at radius 2 is 1.42 bits per heavy atom. The topological polar surface area (TPSA) is 12.0 Å². The molecule has 132 valence electrons. The number of halogens is 3. The molecule has 0 aliphatic carbocycles. The molecule has 0 radical (unpaired) electrons. The highest BCUT2D eigenvalue weighted by Gasteiger charge is 2.09. The second kappa shape index (κ2) is 8.18. The average molecular weight is 403 g/mol. The molecule has 0 aliphatic rings. The van der Waals surface area contributed by atoms with E-state index in [4.69, 9.17) is 34.8 Å². The van der Waals surface area contributed by atoms with Crippen molar-refractivity contribution in [2.75, 3.05) is 5.32 Å². The Morgan fingerprint density at radius 1 is 0.846 bits per heavy atom. The lowest BCUT2D eigenvalue weighted by Crippen LogP contribution is -2.00. The first-order valence-corrected chi connectivity index (χ1v) is 9.31. The van der Waals surface area contributed by atoms with Gasteiger partial charge in [-0.2, -0.15) is 0 Å². The molecule has 1 nitrogen and oxygen atoms in total. The first kappa shape index (κ1) is 18.8. The van der Waals surface area contributed by atoms with E-state index in [0.717, 1.165) is 34.0 Å². The standard InChI is InChI=1S/C22H18Cl3N/c1-14-21(12-19(24)13-22(14)25)15(2)26-20-9-5-17(6-10-20)11-16-3-7-18(23)8-4-16/h3-10,12-13,26H,2,11H2,1H3.